The van der Waals surface area contributed by atoms with Gasteiger partial charge in [0.05, 0.1) is 4.88 Å². The van der Waals surface area contributed by atoms with Gasteiger partial charge in [-0.05, 0) is 38.3 Å². The molecule has 0 aromatic carbocycles. The molecule has 0 saturated carbocycles. The fourth-order valence-corrected chi connectivity index (χ4v) is 2.75. The molecule has 0 bridgehead atoms. The van der Waals surface area contributed by atoms with Gasteiger partial charge in [-0.2, -0.15) is 0 Å². The van der Waals surface area contributed by atoms with E-state index in [9.17, 15) is 0 Å². The minimum absolute atomic E-state index is 0.887. The monoisotopic (exact) mass is 208 g/mol. The van der Waals surface area contributed by atoms with Crippen molar-refractivity contribution in [1.29, 1.82) is 0 Å². The van der Waals surface area contributed by atoms with Crippen molar-refractivity contribution in [3.63, 3.8) is 0 Å². The first-order valence-electron chi connectivity index (χ1n) is 5.19. The number of rotatable bonds is 3. The summed E-state index contributed by atoms with van der Waals surface area (Å²) in [6.45, 7) is 0.887. The molecule has 1 aromatic heterocycles. The highest BCUT2D eigenvalue weighted by atomic mass is 32.1. The smallest absolute Gasteiger partial charge is 0.107 e. The minimum atomic E-state index is 0.887. The van der Waals surface area contributed by atoms with Crippen LogP contribution in [0.15, 0.2) is 12.3 Å². The first-order valence-corrected chi connectivity index (χ1v) is 6.00. The Morgan fingerprint density at radius 3 is 3.14 bits per heavy atom. The van der Waals surface area contributed by atoms with Crippen molar-refractivity contribution in [3.8, 4) is 0 Å². The van der Waals surface area contributed by atoms with Crippen LogP contribution in [0.2, 0.25) is 0 Å². The Balaban J connectivity index is 2.11. The van der Waals surface area contributed by atoms with Crippen LogP contribution in [-0.2, 0) is 6.54 Å². The van der Waals surface area contributed by atoms with Gasteiger partial charge in [0, 0.05) is 12.7 Å². The second kappa shape index (κ2) is 4.71. The van der Waals surface area contributed by atoms with Gasteiger partial charge in [0.1, 0.15) is 5.01 Å². The summed E-state index contributed by atoms with van der Waals surface area (Å²) < 4.78 is 0. The number of hydrogen-bond donors (Lipinski definition) is 1. The van der Waals surface area contributed by atoms with E-state index in [1.54, 1.807) is 0 Å². The van der Waals surface area contributed by atoms with Crippen LogP contribution in [-0.4, -0.2) is 12.0 Å². The Kier molecular flexibility index (Phi) is 3.32. The third-order valence-corrected chi connectivity index (χ3v) is 3.56. The second-order valence-corrected chi connectivity index (χ2v) is 4.74. The molecule has 0 aliphatic heterocycles. The van der Waals surface area contributed by atoms with Gasteiger partial charge in [0.2, 0.25) is 0 Å². The van der Waals surface area contributed by atoms with Crippen molar-refractivity contribution in [1.82, 2.24) is 10.3 Å². The summed E-state index contributed by atoms with van der Waals surface area (Å²) in [5.74, 6) is 0. The summed E-state index contributed by atoms with van der Waals surface area (Å²) >= 11 is 1.82. The molecule has 1 N–H and O–H groups in total. The molecule has 0 fully saturated rings. The van der Waals surface area contributed by atoms with Gasteiger partial charge < -0.3 is 5.32 Å². The van der Waals surface area contributed by atoms with E-state index >= 15 is 0 Å². The fraction of sp³-hybridized carbons (Fsp3) is 0.545. The highest BCUT2D eigenvalue weighted by molar-refractivity contribution is 7.12. The maximum Gasteiger partial charge on any atom is 0.107 e. The first kappa shape index (κ1) is 9.87. The molecular weight excluding hydrogens is 192 g/mol. The molecule has 1 aliphatic carbocycles. The molecule has 14 heavy (non-hydrogen) atoms. The summed E-state index contributed by atoms with van der Waals surface area (Å²) in [4.78, 5) is 5.77. The predicted octanol–water partition coefficient (Wildman–Crippen LogP) is 2.82. The fourth-order valence-electron chi connectivity index (χ4n) is 1.75. The molecule has 1 aliphatic rings. The maximum atomic E-state index is 4.40. The normalized spacial score (nSPS) is 16.8. The average molecular weight is 208 g/mol. The molecule has 76 valence electrons. The highest BCUT2D eigenvalue weighted by Crippen LogP contribution is 2.30. The van der Waals surface area contributed by atoms with E-state index in [0.29, 0.717) is 0 Å². The summed E-state index contributed by atoms with van der Waals surface area (Å²) in [7, 11) is 1.96. The van der Waals surface area contributed by atoms with Crippen molar-refractivity contribution in [2.24, 2.45) is 0 Å². The van der Waals surface area contributed by atoms with Crippen LogP contribution < -0.4 is 5.32 Å². The Morgan fingerprint density at radius 1 is 1.50 bits per heavy atom. The van der Waals surface area contributed by atoms with Gasteiger partial charge in [-0.25, -0.2) is 4.98 Å². The predicted molar refractivity (Wildman–Crippen MR) is 61.3 cm³/mol. The number of nitrogens with zero attached hydrogens (tertiary/aromatic N) is 1. The Labute approximate surface area is 89.1 Å². The highest BCUT2D eigenvalue weighted by Gasteiger charge is 2.09. The van der Waals surface area contributed by atoms with Crippen LogP contribution in [0.4, 0.5) is 0 Å². The van der Waals surface area contributed by atoms with E-state index in [4.69, 9.17) is 0 Å². The second-order valence-electron chi connectivity index (χ2n) is 3.62. The number of hydrogen-bond acceptors (Lipinski definition) is 3. The van der Waals surface area contributed by atoms with E-state index < -0.39 is 0 Å². The SMILES string of the molecule is CNCc1ncc(C2=CCCCC2)s1. The quantitative estimate of drug-likeness (QED) is 0.826. The van der Waals surface area contributed by atoms with E-state index in [2.05, 4.69) is 16.4 Å². The summed E-state index contributed by atoms with van der Waals surface area (Å²) in [6, 6.07) is 0. The van der Waals surface area contributed by atoms with E-state index in [1.807, 2.05) is 24.6 Å². The molecule has 3 heteroatoms. The zero-order valence-electron chi connectivity index (χ0n) is 8.55. The summed E-state index contributed by atoms with van der Waals surface area (Å²) in [6.07, 6.45) is 9.57. The molecule has 2 rings (SSSR count). The number of allylic oxidation sites excluding steroid dienone is 2. The van der Waals surface area contributed by atoms with Gasteiger partial charge >= 0.3 is 0 Å². The molecule has 0 radical (unpaired) electrons. The van der Waals surface area contributed by atoms with E-state index in [1.165, 1.54) is 41.1 Å². The lowest BCUT2D eigenvalue weighted by molar-refractivity contribution is 0.743. The minimum Gasteiger partial charge on any atom is -0.314 e. The molecule has 0 spiro atoms. The van der Waals surface area contributed by atoms with Crippen LogP contribution >= 0.6 is 11.3 Å². The molecule has 0 unspecified atom stereocenters. The van der Waals surface area contributed by atoms with Gasteiger partial charge in [-0.1, -0.05) is 6.08 Å². The van der Waals surface area contributed by atoms with Crippen LogP contribution in [0.5, 0.6) is 0 Å². The molecular formula is C11H16N2S. The zero-order chi connectivity index (χ0) is 9.80. The van der Waals surface area contributed by atoms with Gasteiger partial charge in [-0.15, -0.1) is 11.3 Å². The van der Waals surface area contributed by atoms with Crippen molar-refractivity contribution in [2.45, 2.75) is 32.2 Å². The van der Waals surface area contributed by atoms with E-state index in [0.717, 1.165) is 6.54 Å². The lowest BCUT2D eigenvalue weighted by atomic mass is 9.99. The Morgan fingerprint density at radius 2 is 2.43 bits per heavy atom. The van der Waals surface area contributed by atoms with Crippen molar-refractivity contribution in [2.75, 3.05) is 7.05 Å². The summed E-state index contributed by atoms with van der Waals surface area (Å²) in [5, 5.41) is 4.32. The van der Waals surface area contributed by atoms with Crippen LogP contribution in [0, 0.1) is 0 Å². The third-order valence-electron chi connectivity index (χ3n) is 2.49. The lowest BCUT2D eigenvalue weighted by Gasteiger charge is -2.09. The summed E-state index contributed by atoms with van der Waals surface area (Å²) in [5.41, 5.74) is 1.51. The van der Waals surface area contributed by atoms with Gasteiger partial charge in [0.25, 0.3) is 0 Å². The largest absolute Gasteiger partial charge is 0.314 e. The van der Waals surface area contributed by atoms with Crippen molar-refractivity contribution < 1.29 is 0 Å². The molecule has 0 saturated heterocycles. The lowest BCUT2D eigenvalue weighted by Crippen LogP contribution is -2.03. The van der Waals surface area contributed by atoms with Crippen LogP contribution in [0.25, 0.3) is 5.57 Å². The van der Waals surface area contributed by atoms with Crippen LogP contribution in [0.3, 0.4) is 0 Å². The maximum absolute atomic E-state index is 4.40. The van der Waals surface area contributed by atoms with Crippen molar-refractivity contribution >= 4 is 16.9 Å². The molecule has 1 heterocycles. The number of nitrogens with one attached hydrogen (secondary N) is 1. The number of thiazole rings is 1. The van der Waals surface area contributed by atoms with Gasteiger partial charge in [0.15, 0.2) is 0 Å². The van der Waals surface area contributed by atoms with Gasteiger partial charge in [-0.3, -0.25) is 0 Å². The molecule has 2 nitrogen and oxygen atoms in total. The molecule has 0 atom stereocenters. The average Bonchev–Trinajstić information content (AvgIpc) is 2.68. The molecule has 1 aromatic rings. The first-order chi connectivity index (χ1) is 6.90. The Hall–Kier alpha value is -0.670. The third kappa shape index (κ3) is 2.22. The number of aromatic nitrogens is 1. The topological polar surface area (TPSA) is 24.9 Å². The van der Waals surface area contributed by atoms with E-state index in [-0.39, 0.29) is 0 Å². The Bertz CT molecular complexity index is 328. The molecule has 0 amide bonds. The van der Waals surface area contributed by atoms with Crippen LogP contribution in [0.1, 0.15) is 35.6 Å². The zero-order valence-corrected chi connectivity index (χ0v) is 9.36. The standard InChI is InChI=1S/C11H16N2S/c1-12-8-11-13-7-10(14-11)9-5-3-2-4-6-9/h5,7,12H,2-4,6,8H2,1H3. The van der Waals surface area contributed by atoms with Crippen molar-refractivity contribution in [3.05, 3.63) is 22.2 Å².